The molecule has 0 aliphatic heterocycles. The van der Waals surface area contributed by atoms with E-state index in [0.717, 1.165) is 16.8 Å². The number of amides is 1. The number of hydrogen-bond donors (Lipinski definition) is 1. The molecule has 2 aromatic carbocycles. The minimum Gasteiger partial charge on any atom is -0.325 e. The third-order valence-corrected chi connectivity index (χ3v) is 6.32. The Labute approximate surface area is 202 Å². The molecule has 0 spiro atoms. The monoisotopic (exact) mass is 477 g/mol. The number of hydrogen-bond acceptors (Lipinski definition) is 5. The number of aromatic nitrogens is 4. The maximum Gasteiger partial charge on any atom is 0.234 e. The van der Waals surface area contributed by atoms with Gasteiger partial charge in [0.25, 0.3) is 0 Å². The highest BCUT2D eigenvalue weighted by atomic mass is 35.5. The van der Waals surface area contributed by atoms with Gasteiger partial charge in [0.15, 0.2) is 11.0 Å². The molecular weight excluding hydrogens is 454 g/mol. The summed E-state index contributed by atoms with van der Waals surface area (Å²) in [5.41, 5.74) is 4.67. The number of carbonyl (C=O) groups excluding carboxylic acids is 1. The number of nitrogens with one attached hydrogen (secondary N) is 1. The summed E-state index contributed by atoms with van der Waals surface area (Å²) in [6.07, 6.45) is 3.49. The Morgan fingerprint density at radius 1 is 1.12 bits per heavy atom. The molecule has 0 unspecified atom stereocenters. The summed E-state index contributed by atoms with van der Waals surface area (Å²) in [6, 6.07) is 17.4. The van der Waals surface area contributed by atoms with Crippen molar-refractivity contribution >= 4 is 35.0 Å². The number of aryl methyl sites for hydroxylation is 1. The van der Waals surface area contributed by atoms with Crippen LogP contribution in [0.15, 0.2) is 72.1 Å². The highest BCUT2D eigenvalue weighted by Gasteiger charge is 2.20. The molecule has 0 saturated heterocycles. The van der Waals surface area contributed by atoms with Crippen molar-refractivity contribution in [3.63, 3.8) is 0 Å². The lowest BCUT2D eigenvalue weighted by Crippen LogP contribution is -2.15. The molecule has 0 atom stereocenters. The summed E-state index contributed by atoms with van der Waals surface area (Å²) in [5.74, 6) is 1.03. The molecule has 1 amide bonds. The van der Waals surface area contributed by atoms with Gasteiger partial charge >= 0.3 is 0 Å². The van der Waals surface area contributed by atoms with Gasteiger partial charge in [0.2, 0.25) is 5.91 Å². The first-order valence-corrected chi connectivity index (χ1v) is 11.9. The molecule has 33 heavy (non-hydrogen) atoms. The topological polar surface area (TPSA) is 72.7 Å². The fraction of sp³-hybridized carbons (Fsp3) is 0.200. The van der Waals surface area contributed by atoms with Crippen LogP contribution >= 0.6 is 23.4 Å². The lowest BCUT2D eigenvalue weighted by atomic mass is 10.0. The first-order valence-electron chi connectivity index (χ1n) is 10.6. The van der Waals surface area contributed by atoms with Crippen molar-refractivity contribution in [1.82, 2.24) is 19.7 Å². The number of carbonyl (C=O) groups is 1. The van der Waals surface area contributed by atoms with Gasteiger partial charge in [-0.15, -0.1) is 10.2 Å². The second-order valence-electron chi connectivity index (χ2n) is 7.89. The first-order chi connectivity index (χ1) is 15.9. The van der Waals surface area contributed by atoms with Crippen LogP contribution in [0.5, 0.6) is 0 Å². The Balaban J connectivity index is 1.66. The average molecular weight is 478 g/mol. The van der Waals surface area contributed by atoms with Crippen molar-refractivity contribution in [2.24, 2.45) is 0 Å². The van der Waals surface area contributed by atoms with Crippen LogP contribution in [-0.4, -0.2) is 31.4 Å². The number of benzene rings is 2. The maximum absolute atomic E-state index is 12.7. The second kappa shape index (κ2) is 10.2. The zero-order valence-electron chi connectivity index (χ0n) is 18.6. The van der Waals surface area contributed by atoms with E-state index >= 15 is 0 Å². The van der Waals surface area contributed by atoms with E-state index in [0.29, 0.717) is 27.6 Å². The average Bonchev–Trinajstić information content (AvgIpc) is 3.24. The third kappa shape index (κ3) is 5.26. The zero-order chi connectivity index (χ0) is 23.4. The third-order valence-electron chi connectivity index (χ3n) is 5.16. The predicted octanol–water partition coefficient (Wildman–Crippen LogP) is 6.15. The lowest BCUT2D eigenvalue weighted by Gasteiger charge is -2.17. The molecule has 4 aromatic rings. The van der Waals surface area contributed by atoms with Crippen molar-refractivity contribution in [2.45, 2.75) is 31.8 Å². The molecule has 2 heterocycles. The van der Waals surface area contributed by atoms with E-state index in [1.54, 1.807) is 24.5 Å². The molecule has 168 valence electrons. The summed E-state index contributed by atoms with van der Waals surface area (Å²) >= 11 is 7.42. The predicted molar refractivity (Wildman–Crippen MR) is 134 cm³/mol. The van der Waals surface area contributed by atoms with E-state index in [1.165, 1.54) is 17.3 Å². The van der Waals surface area contributed by atoms with Gasteiger partial charge in [0, 0.05) is 28.7 Å². The maximum atomic E-state index is 12.7. The molecule has 0 aliphatic carbocycles. The van der Waals surface area contributed by atoms with E-state index in [4.69, 9.17) is 11.6 Å². The first kappa shape index (κ1) is 23.0. The fourth-order valence-electron chi connectivity index (χ4n) is 3.49. The van der Waals surface area contributed by atoms with E-state index in [1.807, 2.05) is 41.8 Å². The number of pyridine rings is 1. The van der Waals surface area contributed by atoms with Gasteiger partial charge in [-0.05, 0) is 54.3 Å². The Hall–Kier alpha value is -3.16. The van der Waals surface area contributed by atoms with Crippen LogP contribution in [-0.2, 0) is 4.79 Å². The van der Waals surface area contributed by atoms with Gasteiger partial charge in [0.05, 0.1) is 11.4 Å². The van der Waals surface area contributed by atoms with Crippen molar-refractivity contribution < 1.29 is 4.79 Å². The highest BCUT2D eigenvalue weighted by Crippen LogP contribution is 2.32. The van der Waals surface area contributed by atoms with Crippen LogP contribution in [0.4, 0.5) is 5.69 Å². The molecule has 0 saturated carbocycles. The number of halogens is 1. The second-order valence-corrected chi connectivity index (χ2v) is 9.27. The normalized spacial score (nSPS) is 11.1. The molecular formula is C25H24ClN5OS. The Bertz CT molecular complexity index is 1270. The van der Waals surface area contributed by atoms with Crippen LogP contribution in [0.3, 0.4) is 0 Å². The fourth-order valence-corrected chi connectivity index (χ4v) is 4.40. The number of para-hydroxylation sites is 1. The van der Waals surface area contributed by atoms with Gasteiger partial charge in [-0.3, -0.25) is 14.3 Å². The highest BCUT2D eigenvalue weighted by molar-refractivity contribution is 7.99. The molecule has 4 rings (SSSR count). The number of rotatable bonds is 7. The Morgan fingerprint density at radius 2 is 1.94 bits per heavy atom. The van der Waals surface area contributed by atoms with E-state index in [-0.39, 0.29) is 11.7 Å². The zero-order valence-corrected chi connectivity index (χ0v) is 20.2. The summed E-state index contributed by atoms with van der Waals surface area (Å²) in [5, 5.41) is 13.0. The molecule has 2 aromatic heterocycles. The van der Waals surface area contributed by atoms with Gasteiger partial charge in [-0.1, -0.05) is 61.5 Å². The summed E-state index contributed by atoms with van der Waals surface area (Å²) in [4.78, 5) is 16.9. The molecule has 0 bridgehead atoms. The lowest BCUT2D eigenvalue weighted by molar-refractivity contribution is -0.113. The van der Waals surface area contributed by atoms with E-state index in [2.05, 4.69) is 46.5 Å². The van der Waals surface area contributed by atoms with Crippen molar-refractivity contribution in [3.05, 3.63) is 83.1 Å². The van der Waals surface area contributed by atoms with Crippen LogP contribution in [0.25, 0.3) is 17.1 Å². The smallest absolute Gasteiger partial charge is 0.234 e. The molecule has 0 radical (unpaired) electrons. The summed E-state index contributed by atoms with van der Waals surface area (Å²) < 4.78 is 2.01. The quantitative estimate of drug-likeness (QED) is 0.323. The number of thioether (sulfide) groups is 1. The van der Waals surface area contributed by atoms with Gasteiger partial charge in [-0.25, -0.2) is 0 Å². The van der Waals surface area contributed by atoms with E-state index in [9.17, 15) is 4.79 Å². The van der Waals surface area contributed by atoms with Crippen molar-refractivity contribution in [1.29, 1.82) is 0 Å². The van der Waals surface area contributed by atoms with Gasteiger partial charge in [-0.2, -0.15) is 0 Å². The molecule has 6 nitrogen and oxygen atoms in total. The van der Waals surface area contributed by atoms with Gasteiger partial charge in [0.1, 0.15) is 0 Å². The summed E-state index contributed by atoms with van der Waals surface area (Å²) in [6.45, 7) is 6.24. The minimum absolute atomic E-state index is 0.139. The molecule has 1 N–H and O–H groups in total. The van der Waals surface area contributed by atoms with E-state index < -0.39 is 0 Å². The Kier molecular flexibility index (Phi) is 7.11. The van der Waals surface area contributed by atoms with Crippen molar-refractivity contribution in [3.8, 4) is 17.1 Å². The van der Waals surface area contributed by atoms with Crippen LogP contribution in [0, 0.1) is 6.92 Å². The number of nitrogens with zero attached hydrogens (tertiary/aromatic N) is 4. The van der Waals surface area contributed by atoms with Crippen molar-refractivity contribution in [2.75, 3.05) is 11.1 Å². The van der Waals surface area contributed by atoms with Gasteiger partial charge < -0.3 is 5.32 Å². The standard InChI is InChI=1S/C25H24ClN5OS/c1-16(2)20-8-4-5-9-22(20)31-24(18-7-6-12-27-14-18)29-30-25(31)33-15-23(32)28-21-13-19(26)11-10-17(21)3/h4-14,16H,15H2,1-3H3,(H,28,32). The largest absolute Gasteiger partial charge is 0.325 e. The molecule has 0 fully saturated rings. The van der Waals surface area contributed by atoms with Crippen LogP contribution < -0.4 is 5.32 Å². The number of anilines is 1. The Morgan fingerprint density at radius 3 is 2.70 bits per heavy atom. The van der Waals surface area contributed by atoms with Crippen LogP contribution in [0.2, 0.25) is 5.02 Å². The minimum atomic E-state index is -0.139. The summed E-state index contributed by atoms with van der Waals surface area (Å²) in [7, 11) is 0. The SMILES string of the molecule is Cc1ccc(Cl)cc1NC(=O)CSc1nnc(-c2cccnc2)n1-c1ccccc1C(C)C. The molecule has 8 heteroatoms. The molecule has 0 aliphatic rings. The van der Waals surface area contributed by atoms with Crippen LogP contribution in [0.1, 0.15) is 30.9 Å².